The molecule has 0 aliphatic carbocycles. The molecule has 5 rings (SSSR count). The van der Waals surface area contributed by atoms with Crippen molar-refractivity contribution < 1.29 is 4.79 Å². The van der Waals surface area contributed by atoms with Gasteiger partial charge < -0.3 is 0 Å². The minimum absolute atomic E-state index is 0.150. The van der Waals surface area contributed by atoms with E-state index in [1.807, 2.05) is 79.7 Å². The van der Waals surface area contributed by atoms with E-state index in [0.29, 0.717) is 5.13 Å². The van der Waals surface area contributed by atoms with Crippen LogP contribution in [0, 0.1) is 6.92 Å². The number of rotatable bonds is 4. The summed E-state index contributed by atoms with van der Waals surface area (Å²) in [5.74, 6) is -0.150. The molecule has 3 aromatic carbocycles. The molecular formula is C24H17N3OS2. The van der Waals surface area contributed by atoms with Crippen molar-refractivity contribution in [2.75, 3.05) is 4.90 Å². The van der Waals surface area contributed by atoms with Crippen LogP contribution < -0.4 is 4.90 Å². The molecule has 2 heterocycles. The third-order valence-electron chi connectivity index (χ3n) is 4.73. The van der Waals surface area contributed by atoms with Gasteiger partial charge in [0.25, 0.3) is 5.91 Å². The fourth-order valence-electron chi connectivity index (χ4n) is 3.26. The van der Waals surface area contributed by atoms with Crippen molar-refractivity contribution in [3.05, 3.63) is 89.4 Å². The second-order valence-corrected chi connectivity index (χ2v) is 8.85. The number of aromatic nitrogens is 2. The minimum Gasteiger partial charge on any atom is -0.269 e. The number of para-hydroxylation sites is 3. The number of nitrogens with zero attached hydrogens (tertiary/aromatic N) is 3. The van der Waals surface area contributed by atoms with E-state index in [2.05, 4.69) is 4.98 Å². The Morgan fingerprint density at radius 1 is 0.833 bits per heavy atom. The van der Waals surface area contributed by atoms with E-state index in [0.717, 1.165) is 36.7 Å². The van der Waals surface area contributed by atoms with Crippen LogP contribution in [0.15, 0.2) is 78.9 Å². The van der Waals surface area contributed by atoms with Crippen molar-refractivity contribution in [1.29, 1.82) is 0 Å². The van der Waals surface area contributed by atoms with Gasteiger partial charge in [0.05, 0.1) is 26.1 Å². The largest absolute Gasteiger partial charge is 0.269 e. The summed E-state index contributed by atoms with van der Waals surface area (Å²) in [5, 5.41) is 1.46. The molecule has 2 aromatic heterocycles. The number of aryl methyl sites for hydroxylation is 1. The van der Waals surface area contributed by atoms with Crippen LogP contribution >= 0.6 is 22.7 Å². The molecule has 0 bridgehead atoms. The average Bonchev–Trinajstić information content (AvgIpc) is 3.37. The van der Waals surface area contributed by atoms with Crippen LogP contribution in [0.1, 0.15) is 10.6 Å². The molecule has 0 fully saturated rings. The Hall–Kier alpha value is -3.35. The van der Waals surface area contributed by atoms with E-state index in [9.17, 15) is 4.79 Å². The van der Waals surface area contributed by atoms with Crippen molar-refractivity contribution in [2.45, 2.75) is 6.92 Å². The van der Waals surface area contributed by atoms with Crippen molar-refractivity contribution in [1.82, 2.24) is 9.97 Å². The van der Waals surface area contributed by atoms with E-state index in [1.54, 1.807) is 28.4 Å². The Morgan fingerprint density at radius 3 is 2.17 bits per heavy atom. The summed E-state index contributed by atoms with van der Waals surface area (Å²) in [7, 11) is 0. The number of hydrogen-bond acceptors (Lipinski definition) is 5. The van der Waals surface area contributed by atoms with Crippen LogP contribution in [0.25, 0.3) is 26.5 Å². The third-order valence-corrected chi connectivity index (χ3v) is 6.75. The van der Waals surface area contributed by atoms with E-state index in [1.165, 1.54) is 11.3 Å². The Balaban J connectivity index is 1.55. The van der Waals surface area contributed by atoms with E-state index in [4.69, 9.17) is 4.98 Å². The highest BCUT2D eigenvalue weighted by Crippen LogP contribution is 2.35. The number of amides is 1. The Morgan fingerprint density at radius 2 is 1.47 bits per heavy atom. The first-order valence-corrected chi connectivity index (χ1v) is 11.1. The maximum Gasteiger partial charge on any atom is 0.257 e. The zero-order chi connectivity index (χ0) is 20.5. The maximum atomic E-state index is 13.3. The second kappa shape index (κ2) is 7.82. The molecule has 30 heavy (non-hydrogen) atoms. The Labute approximate surface area is 181 Å². The van der Waals surface area contributed by atoms with Crippen LogP contribution in [0.2, 0.25) is 0 Å². The lowest BCUT2D eigenvalue weighted by molar-refractivity contribution is -0.113. The van der Waals surface area contributed by atoms with Crippen LogP contribution in [0.5, 0.6) is 0 Å². The monoisotopic (exact) mass is 427 g/mol. The smallest absolute Gasteiger partial charge is 0.257 e. The van der Waals surface area contributed by atoms with Gasteiger partial charge >= 0.3 is 0 Å². The summed E-state index contributed by atoms with van der Waals surface area (Å²) < 4.78 is 2.15. The van der Waals surface area contributed by atoms with Crippen LogP contribution in [0.4, 0.5) is 10.8 Å². The maximum absolute atomic E-state index is 13.3. The highest BCUT2D eigenvalue weighted by Gasteiger charge is 2.21. The third kappa shape index (κ3) is 3.51. The molecule has 0 aliphatic rings. The number of fused-ring (bicyclic) bond motifs is 2. The average molecular weight is 428 g/mol. The van der Waals surface area contributed by atoms with Gasteiger partial charge in [-0.3, -0.25) is 9.69 Å². The lowest BCUT2D eigenvalue weighted by Crippen LogP contribution is -2.24. The summed E-state index contributed by atoms with van der Waals surface area (Å²) in [6.07, 6.45) is 3.36. The van der Waals surface area contributed by atoms with Crippen molar-refractivity contribution in [2.24, 2.45) is 0 Å². The molecule has 146 valence electrons. The van der Waals surface area contributed by atoms with Gasteiger partial charge in [-0.1, -0.05) is 53.8 Å². The van der Waals surface area contributed by atoms with Crippen LogP contribution in [-0.4, -0.2) is 15.9 Å². The van der Waals surface area contributed by atoms with Gasteiger partial charge in [0.15, 0.2) is 5.13 Å². The molecule has 0 atom stereocenters. The fourth-order valence-corrected chi connectivity index (χ4v) is 5.12. The predicted octanol–water partition coefficient (Wildman–Crippen LogP) is 6.59. The van der Waals surface area contributed by atoms with E-state index < -0.39 is 0 Å². The second-order valence-electron chi connectivity index (χ2n) is 6.78. The zero-order valence-corrected chi connectivity index (χ0v) is 17.8. The fraction of sp³-hybridized carbons (Fsp3) is 0.0417. The van der Waals surface area contributed by atoms with Gasteiger partial charge in [-0.25, -0.2) is 9.97 Å². The van der Waals surface area contributed by atoms with Crippen molar-refractivity contribution in [3.63, 3.8) is 0 Å². The molecule has 0 saturated carbocycles. The molecule has 4 nitrogen and oxygen atoms in total. The normalized spacial score (nSPS) is 11.5. The Kier molecular flexibility index (Phi) is 4.86. The molecule has 0 N–H and O–H groups in total. The predicted molar refractivity (Wildman–Crippen MR) is 127 cm³/mol. The lowest BCUT2D eigenvalue weighted by Gasteiger charge is -2.20. The first-order valence-electron chi connectivity index (χ1n) is 9.48. The van der Waals surface area contributed by atoms with Gasteiger partial charge in [-0.15, -0.1) is 11.3 Å². The van der Waals surface area contributed by atoms with Crippen LogP contribution in [0.3, 0.4) is 0 Å². The number of thiazole rings is 2. The van der Waals surface area contributed by atoms with Gasteiger partial charge in [0, 0.05) is 6.08 Å². The summed E-state index contributed by atoms with van der Waals surface area (Å²) in [6.45, 7) is 2.00. The summed E-state index contributed by atoms with van der Waals surface area (Å²) in [5.41, 5.74) is 3.67. The zero-order valence-electron chi connectivity index (χ0n) is 16.1. The summed E-state index contributed by atoms with van der Waals surface area (Å²) in [4.78, 5) is 24.3. The SMILES string of the molecule is Cc1ccccc1N(C(=O)/C=C/c1nc2ccccc2s1)c1nc2ccccc2s1. The van der Waals surface area contributed by atoms with E-state index in [-0.39, 0.29) is 5.91 Å². The number of carbonyl (C=O) groups excluding carboxylic acids is 1. The molecule has 0 unspecified atom stereocenters. The molecule has 6 heteroatoms. The van der Waals surface area contributed by atoms with E-state index >= 15 is 0 Å². The quantitative estimate of drug-likeness (QED) is 0.304. The first kappa shape index (κ1) is 18.7. The number of hydrogen-bond donors (Lipinski definition) is 0. The molecule has 0 saturated heterocycles. The topological polar surface area (TPSA) is 46.1 Å². The number of carbonyl (C=O) groups is 1. The summed E-state index contributed by atoms with van der Waals surface area (Å²) >= 11 is 3.08. The van der Waals surface area contributed by atoms with Gasteiger partial charge in [-0.2, -0.15) is 0 Å². The highest BCUT2D eigenvalue weighted by atomic mass is 32.1. The molecule has 0 radical (unpaired) electrons. The lowest BCUT2D eigenvalue weighted by atomic mass is 10.2. The number of benzene rings is 3. The number of anilines is 2. The summed E-state index contributed by atoms with van der Waals surface area (Å²) in [6, 6.07) is 23.8. The molecule has 5 aromatic rings. The highest BCUT2D eigenvalue weighted by molar-refractivity contribution is 7.22. The van der Waals surface area contributed by atoms with Crippen molar-refractivity contribution in [3.8, 4) is 0 Å². The standard InChI is InChI=1S/C24H17N3OS2/c1-16-8-2-5-11-19(16)27(24-26-18-10-4-7-13-21(18)30-24)23(28)15-14-22-25-17-9-3-6-12-20(17)29-22/h2-15H,1H3/b15-14+. The molecular weight excluding hydrogens is 410 g/mol. The van der Waals surface area contributed by atoms with Crippen molar-refractivity contribution >= 4 is 65.9 Å². The van der Waals surface area contributed by atoms with Gasteiger partial charge in [0.2, 0.25) is 0 Å². The van der Waals surface area contributed by atoms with Crippen LogP contribution in [-0.2, 0) is 4.79 Å². The molecule has 1 amide bonds. The van der Waals surface area contributed by atoms with Gasteiger partial charge in [-0.05, 0) is 48.9 Å². The first-order chi connectivity index (χ1) is 14.7. The van der Waals surface area contributed by atoms with Gasteiger partial charge in [0.1, 0.15) is 5.01 Å². The molecule has 0 aliphatic heterocycles. The molecule has 0 spiro atoms. The minimum atomic E-state index is -0.150. The Bertz CT molecular complexity index is 1330.